The number of aliphatic imine (C=N–C) groups is 1. The first-order valence-electron chi connectivity index (χ1n) is 8.54. The zero-order chi connectivity index (χ0) is 14.6. The number of hydrogen-bond donors (Lipinski definition) is 2. The minimum Gasteiger partial charge on any atom is -0.357 e. The van der Waals surface area contributed by atoms with Gasteiger partial charge in [0.05, 0.1) is 0 Å². The second kappa shape index (κ2) is 13.6. The van der Waals surface area contributed by atoms with Crippen LogP contribution >= 0.6 is 24.0 Å². The van der Waals surface area contributed by atoms with Gasteiger partial charge in [0.2, 0.25) is 0 Å². The highest BCUT2D eigenvalue weighted by molar-refractivity contribution is 14.0. The number of halogens is 1. The molecule has 0 radical (unpaired) electrons. The Morgan fingerprint density at radius 3 is 2.33 bits per heavy atom. The monoisotopic (exact) mass is 410 g/mol. The molecule has 1 fully saturated rings. The molecule has 0 aromatic rings. The van der Waals surface area contributed by atoms with E-state index in [9.17, 15) is 0 Å². The summed E-state index contributed by atoms with van der Waals surface area (Å²) in [6.45, 7) is 13.3. The van der Waals surface area contributed by atoms with Crippen molar-refractivity contribution in [3.63, 3.8) is 0 Å². The van der Waals surface area contributed by atoms with E-state index < -0.39 is 0 Å². The molecule has 1 rings (SSSR count). The van der Waals surface area contributed by atoms with Crippen molar-refractivity contribution in [1.82, 2.24) is 15.5 Å². The Kier molecular flexibility index (Phi) is 13.6. The van der Waals surface area contributed by atoms with Crippen LogP contribution in [0.15, 0.2) is 4.99 Å². The van der Waals surface area contributed by atoms with Gasteiger partial charge in [-0.2, -0.15) is 0 Å². The van der Waals surface area contributed by atoms with Crippen molar-refractivity contribution in [3.05, 3.63) is 0 Å². The summed E-state index contributed by atoms with van der Waals surface area (Å²) >= 11 is 0. The maximum absolute atomic E-state index is 4.71. The van der Waals surface area contributed by atoms with Crippen LogP contribution in [0.25, 0.3) is 0 Å². The molecular weight excluding hydrogens is 375 g/mol. The number of guanidine groups is 1. The molecule has 0 bridgehead atoms. The highest BCUT2D eigenvalue weighted by atomic mass is 127. The Hall–Kier alpha value is -0.0400. The van der Waals surface area contributed by atoms with E-state index in [1.165, 1.54) is 51.7 Å². The van der Waals surface area contributed by atoms with E-state index in [4.69, 9.17) is 4.99 Å². The predicted molar refractivity (Wildman–Crippen MR) is 104 cm³/mol. The average molecular weight is 410 g/mol. The summed E-state index contributed by atoms with van der Waals surface area (Å²) in [5, 5.41) is 6.80. The first kappa shape index (κ1) is 21.0. The molecule has 0 aliphatic carbocycles. The molecule has 0 aromatic heterocycles. The molecule has 0 amide bonds. The largest absolute Gasteiger partial charge is 0.357 e. The number of nitrogens with one attached hydrogen (secondary N) is 2. The van der Waals surface area contributed by atoms with Gasteiger partial charge in [0.15, 0.2) is 5.96 Å². The molecule has 0 saturated carbocycles. The quantitative estimate of drug-likeness (QED) is 0.266. The normalized spacial score (nSPS) is 16.1. The van der Waals surface area contributed by atoms with Crippen molar-refractivity contribution in [2.75, 3.05) is 39.3 Å². The summed E-state index contributed by atoms with van der Waals surface area (Å²) in [6.07, 6.45) is 6.40. The van der Waals surface area contributed by atoms with Crippen LogP contribution in [0.3, 0.4) is 0 Å². The molecule has 1 saturated heterocycles. The molecule has 4 nitrogen and oxygen atoms in total. The van der Waals surface area contributed by atoms with Crippen LogP contribution in [0.5, 0.6) is 0 Å². The molecule has 1 aliphatic heterocycles. The summed E-state index contributed by atoms with van der Waals surface area (Å²) in [5.74, 6) is 1.70. The minimum atomic E-state index is 0. The van der Waals surface area contributed by atoms with Crippen LogP contribution in [-0.4, -0.2) is 50.1 Å². The lowest BCUT2D eigenvalue weighted by molar-refractivity contribution is 0.334. The smallest absolute Gasteiger partial charge is 0.191 e. The minimum absolute atomic E-state index is 0. The lowest BCUT2D eigenvalue weighted by Gasteiger charge is -2.16. The fourth-order valence-electron chi connectivity index (χ4n) is 2.62. The highest BCUT2D eigenvalue weighted by Gasteiger charge is 2.10. The molecular formula is C16H35IN4. The average Bonchev–Trinajstić information content (AvgIpc) is 2.97. The van der Waals surface area contributed by atoms with Gasteiger partial charge in [0, 0.05) is 19.6 Å². The summed E-state index contributed by atoms with van der Waals surface area (Å²) in [4.78, 5) is 7.27. The third-order valence-electron chi connectivity index (χ3n) is 4.15. The SMILES string of the molecule is CCNC(=NCC(CC)CC)NCCCN1CCCC1.I. The Balaban J connectivity index is 0.00000400. The van der Waals surface area contributed by atoms with Crippen LogP contribution in [0.1, 0.15) is 52.9 Å². The van der Waals surface area contributed by atoms with E-state index in [0.717, 1.165) is 31.5 Å². The van der Waals surface area contributed by atoms with Gasteiger partial charge in [-0.3, -0.25) is 4.99 Å². The number of hydrogen-bond acceptors (Lipinski definition) is 2. The molecule has 0 unspecified atom stereocenters. The zero-order valence-electron chi connectivity index (χ0n) is 14.2. The molecule has 1 aliphatic rings. The van der Waals surface area contributed by atoms with E-state index in [1.54, 1.807) is 0 Å². The van der Waals surface area contributed by atoms with Crippen LogP contribution in [0.2, 0.25) is 0 Å². The van der Waals surface area contributed by atoms with Crippen molar-refractivity contribution in [3.8, 4) is 0 Å². The van der Waals surface area contributed by atoms with Crippen molar-refractivity contribution in [2.45, 2.75) is 52.9 Å². The summed E-state index contributed by atoms with van der Waals surface area (Å²) in [7, 11) is 0. The highest BCUT2D eigenvalue weighted by Crippen LogP contribution is 2.08. The standard InChI is InChI=1S/C16H34N4.HI/c1-4-15(5-2)14-19-16(17-6-3)18-10-9-13-20-11-7-8-12-20;/h15H,4-14H2,1-3H3,(H2,17,18,19);1H. The lowest BCUT2D eigenvalue weighted by atomic mass is 10.0. The van der Waals surface area contributed by atoms with Crippen LogP contribution in [0.4, 0.5) is 0 Å². The topological polar surface area (TPSA) is 39.7 Å². The van der Waals surface area contributed by atoms with Crippen molar-refractivity contribution in [1.29, 1.82) is 0 Å². The Labute approximate surface area is 148 Å². The van der Waals surface area contributed by atoms with Gasteiger partial charge in [-0.15, -0.1) is 24.0 Å². The van der Waals surface area contributed by atoms with E-state index in [2.05, 4.69) is 36.3 Å². The van der Waals surface area contributed by atoms with E-state index in [0.29, 0.717) is 0 Å². The Morgan fingerprint density at radius 2 is 1.76 bits per heavy atom. The molecule has 126 valence electrons. The molecule has 0 aromatic carbocycles. The van der Waals surface area contributed by atoms with Crippen LogP contribution < -0.4 is 10.6 Å². The second-order valence-corrected chi connectivity index (χ2v) is 5.73. The van der Waals surface area contributed by atoms with Gasteiger partial charge < -0.3 is 15.5 Å². The third kappa shape index (κ3) is 9.55. The molecule has 1 heterocycles. The fraction of sp³-hybridized carbons (Fsp3) is 0.938. The van der Waals surface area contributed by atoms with Gasteiger partial charge in [0.25, 0.3) is 0 Å². The van der Waals surface area contributed by atoms with Crippen molar-refractivity contribution in [2.24, 2.45) is 10.9 Å². The Morgan fingerprint density at radius 1 is 1.10 bits per heavy atom. The van der Waals surface area contributed by atoms with E-state index >= 15 is 0 Å². The molecule has 0 spiro atoms. The fourth-order valence-corrected chi connectivity index (χ4v) is 2.62. The van der Waals surface area contributed by atoms with Gasteiger partial charge >= 0.3 is 0 Å². The number of rotatable bonds is 9. The number of nitrogens with zero attached hydrogens (tertiary/aromatic N) is 2. The lowest BCUT2D eigenvalue weighted by Crippen LogP contribution is -2.39. The molecule has 5 heteroatoms. The van der Waals surface area contributed by atoms with Crippen LogP contribution in [-0.2, 0) is 0 Å². The van der Waals surface area contributed by atoms with Gasteiger partial charge in [-0.05, 0) is 51.7 Å². The summed E-state index contributed by atoms with van der Waals surface area (Å²) < 4.78 is 0. The van der Waals surface area contributed by atoms with Crippen molar-refractivity contribution >= 4 is 29.9 Å². The first-order valence-corrected chi connectivity index (χ1v) is 8.54. The molecule has 0 atom stereocenters. The third-order valence-corrected chi connectivity index (χ3v) is 4.15. The van der Waals surface area contributed by atoms with E-state index in [1.807, 2.05) is 0 Å². The predicted octanol–water partition coefficient (Wildman–Crippen LogP) is 3.08. The summed E-state index contributed by atoms with van der Waals surface area (Å²) in [6, 6.07) is 0. The Bertz CT molecular complexity index is 261. The van der Waals surface area contributed by atoms with Crippen molar-refractivity contribution < 1.29 is 0 Å². The second-order valence-electron chi connectivity index (χ2n) is 5.73. The van der Waals surface area contributed by atoms with Gasteiger partial charge in [-0.25, -0.2) is 0 Å². The maximum atomic E-state index is 4.71. The zero-order valence-corrected chi connectivity index (χ0v) is 16.5. The maximum Gasteiger partial charge on any atom is 0.191 e. The number of likely N-dealkylation sites (tertiary alicyclic amines) is 1. The van der Waals surface area contributed by atoms with Gasteiger partial charge in [-0.1, -0.05) is 26.7 Å². The van der Waals surface area contributed by atoms with Gasteiger partial charge in [0.1, 0.15) is 0 Å². The van der Waals surface area contributed by atoms with E-state index in [-0.39, 0.29) is 24.0 Å². The van der Waals surface area contributed by atoms with Crippen LogP contribution in [0, 0.1) is 5.92 Å². The molecule has 2 N–H and O–H groups in total. The first-order chi connectivity index (χ1) is 9.80. The summed E-state index contributed by atoms with van der Waals surface area (Å²) in [5.41, 5.74) is 0. The molecule has 21 heavy (non-hydrogen) atoms.